The van der Waals surface area contributed by atoms with Crippen LogP contribution in [0.2, 0.25) is 0 Å². The summed E-state index contributed by atoms with van der Waals surface area (Å²) in [7, 11) is 2.11. The Kier molecular flexibility index (Phi) is 5.10. The van der Waals surface area contributed by atoms with Gasteiger partial charge in [0, 0.05) is 31.5 Å². The van der Waals surface area contributed by atoms with E-state index in [0.29, 0.717) is 6.54 Å². The molecule has 0 fully saturated rings. The number of aryl methyl sites for hydroxylation is 1. The number of pyridine rings is 1. The summed E-state index contributed by atoms with van der Waals surface area (Å²) in [6, 6.07) is 4.39. The van der Waals surface area contributed by atoms with Crippen molar-refractivity contribution in [1.29, 1.82) is 0 Å². The van der Waals surface area contributed by atoms with Crippen LogP contribution in [-0.2, 0) is 6.54 Å². The molecule has 0 aromatic carbocycles. The number of halogens is 1. The third-order valence-electron chi connectivity index (χ3n) is 3.25. The Labute approximate surface area is 126 Å². The highest BCUT2D eigenvalue weighted by Crippen LogP contribution is 2.26. The molecule has 2 heterocycles. The summed E-state index contributed by atoms with van der Waals surface area (Å²) in [5, 5.41) is 2.17. The summed E-state index contributed by atoms with van der Waals surface area (Å²) in [6.07, 6.45) is 3.75. The van der Waals surface area contributed by atoms with E-state index in [1.54, 1.807) is 11.3 Å². The molecular weight excluding hydrogens is 322 g/mol. The molecule has 19 heavy (non-hydrogen) atoms. The minimum absolute atomic E-state index is 0.201. The highest BCUT2D eigenvalue weighted by atomic mass is 79.9. The summed E-state index contributed by atoms with van der Waals surface area (Å²) in [4.78, 5) is 6.50. The van der Waals surface area contributed by atoms with Crippen LogP contribution in [0.4, 0.5) is 0 Å². The van der Waals surface area contributed by atoms with Gasteiger partial charge in [0.1, 0.15) is 0 Å². The molecule has 0 bridgehead atoms. The standard InChI is InChI=1S/C14H18BrN3S/c1-10-3-4-17-7-12(10)13(6-16)18(2)8-11-5-14(15)19-9-11/h3-5,7,9,13H,6,8,16H2,1-2H3. The Morgan fingerprint density at radius 2 is 2.32 bits per heavy atom. The van der Waals surface area contributed by atoms with E-state index in [1.165, 1.54) is 16.7 Å². The molecule has 0 aliphatic carbocycles. The first-order chi connectivity index (χ1) is 9.11. The van der Waals surface area contributed by atoms with E-state index < -0.39 is 0 Å². The molecule has 0 aliphatic rings. The molecule has 2 N–H and O–H groups in total. The highest BCUT2D eigenvalue weighted by Gasteiger charge is 2.18. The first kappa shape index (κ1) is 14.7. The Morgan fingerprint density at radius 1 is 1.53 bits per heavy atom. The fraction of sp³-hybridized carbons (Fsp3) is 0.357. The average molecular weight is 340 g/mol. The van der Waals surface area contributed by atoms with Gasteiger partial charge < -0.3 is 5.73 Å². The fourth-order valence-electron chi connectivity index (χ4n) is 2.20. The zero-order valence-corrected chi connectivity index (χ0v) is 13.5. The Balaban J connectivity index is 2.15. The molecule has 1 atom stereocenters. The van der Waals surface area contributed by atoms with E-state index in [0.717, 1.165) is 10.3 Å². The van der Waals surface area contributed by atoms with Crippen LogP contribution in [0.1, 0.15) is 22.7 Å². The molecule has 2 aromatic heterocycles. The molecule has 3 nitrogen and oxygen atoms in total. The fourth-order valence-corrected chi connectivity index (χ4v) is 3.40. The first-order valence-corrected chi connectivity index (χ1v) is 7.82. The van der Waals surface area contributed by atoms with Crippen molar-refractivity contribution in [2.75, 3.05) is 13.6 Å². The van der Waals surface area contributed by atoms with Crippen LogP contribution in [-0.4, -0.2) is 23.5 Å². The van der Waals surface area contributed by atoms with Crippen LogP contribution in [0.3, 0.4) is 0 Å². The average Bonchev–Trinajstić information content (AvgIpc) is 2.78. The number of thiophene rings is 1. The molecule has 0 spiro atoms. The zero-order valence-electron chi connectivity index (χ0n) is 11.1. The number of nitrogens with two attached hydrogens (primary N) is 1. The largest absolute Gasteiger partial charge is 0.329 e. The summed E-state index contributed by atoms with van der Waals surface area (Å²) in [5.74, 6) is 0. The second kappa shape index (κ2) is 6.61. The van der Waals surface area contributed by atoms with Crippen molar-refractivity contribution in [3.05, 3.63) is 50.4 Å². The van der Waals surface area contributed by atoms with Gasteiger partial charge in [0.25, 0.3) is 0 Å². The van der Waals surface area contributed by atoms with E-state index in [4.69, 9.17) is 5.73 Å². The lowest BCUT2D eigenvalue weighted by molar-refractivity contribution is 0.241. The van der Waals surface area contributed by atoms with Gasteiger partial charge in [-0.15, -0.1) is 11.3 Å². The normalized spacial score (nSPS) is 12.9. The molecule has 0 saturated carbocycles. The maximum atomic E-state index is 5.96. The van der Waals surface area contributed by atoms with Gasteiger partial charge in [-0.25, -0.2) is 0 Å². The van der Waals surface area contributed by atoms with Crippen LogP contribution in [0.25, 0.3) is 0 Å². The van der Waals surface area contributed by atoms with Gasteiger partial charge in [0.2, 0.25) is 0 Å². The van der Waals surface area contributed by atoms with Gasteiger partial charge in [0.15, 0.2) is 0 Å². The lowest BCUT2D eigenvalue weighted by atomic mass is 10.0. The number of likely N-dealkylation sites (N-methyl/N-ethyl adjacent to an activating group) is 1. The van der Waals surface area contributed by atoms with Crippen molar-refractivity contribution in [1.82, 2.24) is 9.88 Å². The second-order valence-electron chi connectivity index (χ2n) is 4.66. The molecule has 2 rings (SSSR count). The van der Waals surface area contributed by atoms with Gasteiger partial charge in [0.05, 0.1) is 3.79 Å². The van der Waals surface area contributed by atoms with Crippen LogP contribution in [0.15, 0.2) is 33.7 Å². The molecule has 0 amide bonds. The maximum Gasteiger partial charge on any atom is 0.0701 e. The molecule has 2 aromatic rings. The van der Waals surface area contributed by atoms with Crippen molar-refractivity contribution < 1.29 is 0 Å². The van der Waals surface area contributed by atoms with E-state index in [2.05, 4.69) is 51.2 Å². The van der Waals surface area contributed by atoms with Crippen molar-refractivity contribution >= 4 is 27.3 Å². The zero-order chi connectivity index (χ0) is 13.8. The quantitative estimate of drug-likeness (QED) is 0.908. The Bertz CT molecular complexity index is 541. The molecular formula is C14H18BrN3S. The minimum atomic E-state index is 0.201. The van der Waals surface area contributed by atoms with E-state index >= 15 is 0 Å². The maximum absolute atomic E-state index is 5.96. The third-order valence-corrected chi connectivity index (χ3v) is 4.80. The third kappa shape index (κ3) is 3.63. The SMILES string of the molecule is Cc1ccncc1C(CN)N(C)Cc1csc(Br)c1. The lowest BCUT2D eigenvalue weighted by Crippen LogP contribution is -2.30. The lowest BCUT2D eigenvalue weighted by Gasteiger charge is -2.28. The van der Waals surface area contributed by atoms with Crippen LogP contribution >= 0.6 is 27.3 Å². The van der Waals surface area contributed by atoms with Gasteiger partial charge in [-0.3, -0.25) is 9.88 Å². The summed E-state index contributed by atoms with van der Waals surface area (Å²) < 4.78 is 1.16. The number of rotatable bonds is 5. The first-order valence-electron chi connectivity index (χ1n) is 6.15. The molecule has 0 saturated heterocycles. The smallest absolute Gasteiger partial charge is 0.0701 e. The van der Waals surface area contributed by atoms with E-state index in [1.807, 2.05) is 18.5 Å². The molecule has 1 unspecified atom stereocenters. The highest BCUT2D eigenvalue weighted by molar-refractivity contribution is 9.11. The topological polar surface area (TPSA) is 42.1 Å². The predicted octanol–water partition coefficient (Wildman–Crippen LogP) is 3.35. The molecule has 0 radical (unpaired) electrons. The van der Waals surface area contributed by atoms with Gasteiger partial charge >= 0.3 is 0 Å². The van der Waals surface area contributed by atoms with Crippen LogP contribution < -0.4 is 5.73 Å². The van der Waals surface area contributed by atoms with Crippen molar-refractivity contribution in [3.8, 4) is 0 Å². The number of aromatic nitrogens is 1. The van der Waals surface area contributed by atoms with E-state index in [-0.39, 0.29) is 6.04 Å². The summed E-state index contributed by atoms with van der Waals surface area (Å²) in [5.41, 5.74) is 9.71. The number of hydrogen-bond acceptors (Lipinski definition) is 4. The summed E-state index contributed by atoms with van der Waals surface area (Å²) in [6.45, 7) is 3.58. The van der Waals surface area contributed by atoms with Crippen molar-refractivity contribution in [2.24, 2.45) is 5.73 Å². The predicted molar refractivity (Wildman–Crippen MR) is 84.3 cm³/mol. The van der Waals surface area contributed by atoms with Gasteiger partial charge in [-0.05, 0) is 64.1 Å². The van der Waals surface area contributed by atoms with Crippen molar-refractivity contribution in [2.45, 2.75) is 19.5 Å². The van der Waals surface area contributed by atoms with Gasteiger partial charge in [-0.1, -0.05) is 0 Å². The summed E-state index contributed by atoms with van der Waals surface area (Å²) >= 11 is 5.21. The number of hydrogen-bond donors (Lipinski definition) is 1. The van der Waals surface area contributed by atoms with E-state index in [9.17, 15) is 0 Å². The monoisotopic (exact) mass is 339 g/mol. The minimum Gasteiger partial charge on any atom is -0.329 e. The van der Waals surface area contributed by atoms with Crippen LogP contribution in [0, 0.1) is 6.92 Å². The van der Waals surface area contributed by atoms with Crippen LogP contribution in [0.5, 0.6) is 0 Å². The molecule has 5 heteroatoms. The van der Waals surface area contributed by atoms with Crippen molar-refractivity contribution in [3.63, 3.8) is 0 Å². The number of nitrogens with zero attached hydrogens (tertiary/aromatic N) is 2. The Morgan fingerprint density at radius 3 is 2.89 bits per heavy atom. The molecule has 0 aliphatic heterocycles. The molecule has 102 valence electrons. The second-order valence-corrected chi connectivity index (χ2v) is 6.95. The van der Waals surface area contributed by atoms with Gasteiger partial charge in [-0.2, -0.15) is 0 Å². The Hall–Kier alpha value is -0.750.